The van der Waals surface area contributed by atoms with Gasteiger partial charge in [-0.15, -0.1) is 11.3 Å². The van der Waals surface area contributed by atoms with E-state index in [0.717, 1.165) is 27.8 Å². The zero-order valence-corrected chi connectivity index (χ0v) is 16.7. The normalized spacial score (nSPS) is 11.7. The van der Waals surface area contributed by atoms with Gasteiger partial charge in [0.1, 0.15) is 12.4 Å². The maximum Gasteiger partial charge on any atom is 0.440 e. The molecule has 0 aliphatic heterocycles. The van der Waals surface area contributed by atoms with E-state index in [2.05, 4.69) is 6.58 Å². The van der Waals surface area contributed by atoms with Crippen molar-refractivity contribution >= 4 is 10.9 Å². The van der Waals surface area contributed by atoms with E-state index in [1.165, 1.54) is 12.1 Å². The second-order valence-electron chi connectivity index (χ2n) is 7.10. The lowest BCUT2D eigenvalue weighted by molar-refractivity contribution is -0.137. The molecule has 2 aromatic heterocycles. The van der Waals surface area contributed by atoms with Gasteiger partial charge in [0.05, 0.1) is 12.1 Å². The summed E-state index contributed by atoms with van der Waals surface area (Å²) in [5.41, 5.74) is 0.777. The Hall–Kier alpha value is -3.95. The van der Waals surface area contributed by atoms with Crippen molar-refractivity contribution in [3.05, 3.63) is 99.0 Å². The number of hydrogen-bond acceptors (Lipinski definition) is 4. The number of alkyl halides is 3. The van der Waals surface area contributed by atoms with E-state index >= 15 is 0 Å². The van der Waals surface area contributed by atoms with Crippen molar-refractivity contribution in [3.8, 4) is 5.75 Å². The minimum atomic E-state index is -4.39. The predicted octanol–water partition coefficient (Wildman–Crippen LogP) is 3.92. The van der Waals surface area contributed by atoms with Crippen molar-refractivity contribution in [3.63, 3.8) is 0 Å². The van der Waals surface area contributed by atoms with Gasteiger partial charge in [-0.25, -0.2) is 14.6 Å². The Balaban J connectivity index is 1.60. The molecule has 4 aromatic rings. The van der Waals surface area contributed by atoms with Crippen LogP contribution in [-0.2, 0) is 25.9 Å². The Morgan fingerprint density at radius 1 is 1.12 bits per heavy atom. The number of fused-ring (bicyclic) bond motifs is 1. The van der Waals surface area contributed by atoms with Gasteiger partial charge < -0.3 is 13.8 Å². The van der Waals surface area contributed by atoms with Crippen LogP contribution in [-0.4, -0.2) is 14.3 Å². The number of aromatic nitrogens is 3. The quantitative estimate of drug-likeness (QED) is 0.437. The van der Waals surface area contributed by atoms with Crippen LogP contribution in [0.4, 0.5) is 13.2 Å². The number of H-pyrrole nitrogens is 1. The molecule has 1 N–H and O–H groups in total. The molecule has 32 heavy (non-hydrogen) atoms. The first-order valence-corrected chi connectivity index (χ1v) is 9.56. The first-order chi connectivity index (χ1) is 15.2. The van der Waals surface area contributed by atoms with E-state index in [4.69, 9.17) is 9.26 Å². The molecule has 10 heteroatoms. The fraction of sp³-hybridized carbons (Fsp3) is 0.182. The molecule has 0 fully saturated rings. The summed E-state index contributed by atoms with van der Waals surface area (Å²) < 4.78 is 51.6. The smallest absolute Gasteiger partial charge is 0.440 e. The molecular formula is C22H18F3N3O4. The lowest BCUT2D eigenvalue weighted by Gasteiger charge is -2.10. The van der Waals surface area contributed by atoms with Crippen molar-refractivity contribution in [2.24, 2.45) is 0 Å². The van der Waals surface area contributed by atoms with E-state index in [9.17, 15) is 22.8 Å². The number of allylic oxidation sites excluding steroid dienone is 1. The van der Waals surface area contributed by atoms with E-state index in [1.54, 1.807) is 18.2 Å². The van der Waals surface area contributed by atoms with Gasteiger partial charge in [0.15, 0.2) is 0 Å². The van der Waals surface area contributed by atoms with Gasteiger partial charge in [0.2, 0.25) is 0 Å². The molecule has 0 bridgehead atoms. The Bertz CT molecular complexity index is 1370. The SMILES string of the molecule is C=CCn1cc(Cn2oc(=O)[nH]c2=O)c2cc(OCc3ccc(C(F)(F)F)cc3)ccc21. The van der Waals surface area contributed by atoms with E-state index in [1.807, 2.05) is 21.8 Å². The molecule has 2 aromatic carbocycles. The van der Waals surface area contributed by atoms with Crippen LogP contribution in [0.2, 0.25) is 0 Å². The van der Waals surface area contributed by atoms with Crippen LogP contribution in [0.3, 0.4) is 0 Å². The maximum absolute atomic E-state index is 12.7. The molecule has 0 aliphatic carbocycles. The van der Waals surface area contributed by atoms with Gasteiger partial charge in [-0.3, -0.25) is 0 Å². The molecule has 0 spiro atoms. The van der Waals surface area contributed by atoms with Crippen molar-refractivity contribution in [1.82, 2.24) is 14.3 Å². The summed E-state index contributed by atoms with van der Waals surface area (Å²) in [7, 11) is 0. The number of ether oxygens (including phenoxy) is 1. The Labute approximate surface area is 178 Å². The van der Waals surface area contributed by atoms with Crippen molar-refractivity contribution in [1.29, 1.82) is 0 Å². The highest BCUT2D eigenvalue weighted by molar-refractivity contribution is 5.85. The Kier molecular flexibility index (Phi) is 5.52. The zero-order chi connectivity index (χ0) is 22.9. The van der Waals surface area contributed by atoms with Crippen LogP contribution in [0.25, 0.3) is 10.9 Å². The van der Waals surface area contributed by atoms with Gasteiger partial charge >= 0.3 is 17.6 Å². The number of aromatic amines is 1. The van der Waals surface area contributed by atoms with Crippen molar-refractivity contribution in [2.45, 2.75) is 25.9 Å². The third kappa shape index (κ3) is 4.39. The molecule has 0 saturated carbocycles. The van der Waals surface area contributed by atoms with Gasteiger partial charge in [0.25, 0.3) is 0 Å². The van der Waals surface area contributed by atoms with E-state index in [0.29, 0.717) is 23.4 Å². The number of rotatable bonds is 7. The highest BCUT2D eigenvalue weighted by atomic mass is 19.4. The first kappa shape index (κ1) is 21.3. The topological polar surface area (TPSA) is 82.2 Å². The van der Waals surface area contributed by atoms with Gasteiger partial charge in [0, 0.05) is 29.2 Å². The zero-order valence-electron chi connectivity index (χ0n) is 16.7. The molecule has 166 valence electrons. The standard InChI is InChI=1S/C22H18F3N3O4/c1-2-9-27-11-15(12-28-20(29)26-21(30)32-28)18-10-17(7-8-19(18)27)31-13-14-3-5-16(6-4-14)22(23,24)25/h2-8,10-11H,1,9,12-13H2,(H,26,29,30). The summed E-state index contributed by atoms with van der Waals surface area (Å²) in [5, 5.41) is 0.771. The van der Waals surface area contributed by atoms with Crippen molar-refractivity contribution in [2.75, 3.05) is 0 Å². The predicted molar refractivity (Wildman–Crippen MR) is 111 cm³/mol. The van der Waals surface area contributed by atoms with Gasteiger partial charge in [-0.2, -0.15) is 13.2 Å². The molecule has 4 rings (SSSR count). The third-order valence-corrected chi connectivity index (χ3v) is 4.89. The van der Waals surface area contributed by atoms with E-state index in [-0.39, 0.29) is 13.2 Å². The number of hydrogen-bond donors (Lipinski definition) is 1. The second-order valence-corrected chi connectivity index (χ2v) is 7.10. The lowest BCUT2D eigenvalue weighted by Crippen LogP contribution is -2.17. The molecule has 2 heterocycles. The van der Waals surface area contributed by atoms with Crippen LogP contribution in [0.5, 0.6) is 5.75 Å². The fourth-order valence-corrected chi connectivity index (χ4v) is 3.39. The van der Waals surface area contributed by atoms with Crippen LogP contribution >= 0.6 is 0 Å². The van der Waals surface area contributed by atoms with Crippen LogP contribution in [0.15, 0.2) is 75.4 Å². The number of halogens is 3. The molecule has 0 atom stereocenters. The highest BCUT2D eigenvalue weighted by Gasteiger charge is 2.29. The molecule has 0 saturated heterocycles. The molecule has 0 aliphatic rings. The van der Waals surface area contributed by atoms with Crippen LogP contribution in [0.1, 0.15) is 16.7 Å². The molecule has 7 nitrogen and oxygen atoms in total. The number of benzene rings is 2. The Morgan fingerprint density at radius 2 is 1.88 bits per heavy atom. The van der Waals surface area contributed by atoms with Crippen molar-refractivity contribution < 1.29 is 22.4 Å². The summed E-state index contributed by atoms with van der Waals surface area (Å²) in [6, 6.07) is 10.1. The Morgan fingerprint density at radius 3 is 2.50 bits per heavy atom. The van der Waals surface area contributed by atoms with Crippen LogP contribution in [0, 0.1) is 0 Å². The minimum absolute atomic E-state index is 0.0283. The minimum Gasteiger partial charge on any atom is -0.489 e. The lowest BCUT2D eigenvalue weighted by atomic mass is 10.1. The molecular weight excluding hydrogens is 427 g/mol. The largest absolute Gasteiger partial charge is 0.489 e. The fourth-order valence-electron chi connectivity index (χ4n) is 3.39. The monoisotopic (exact) mass is 445 g/mol. The molecule has 0 radical (unpaired) electrons. The van der Waals surface area contributed by atoms with Gasteiger partial charge in [-0.1, -0.05) is 18.2 Å². The third-order valence-electron chi connectivity index (χ3n) is 4.89. The molecule has 0 amide bonds. The average Bonchev–Trinajstić information content (AvgIpc) is 3.25. The number of nitrogens with one attached hydrogen (secondary N) is 1. The first-order valence-electron chi connectivity index (χ1n) is 9.56. The summed E-state index contributed by atoms with van der Waals surface area (Å²) >= 11 is 0. The maximum atomic E-state index is 12.7. The summed E-state index contributed by atoms with van der Waals surface area (Å²) in [5.74, 6) is -0.344. The van der Waals surface area contributed by atoms with Crippen LogP contribution < -0.4 is 16.2 Å². The number of nitrogens with zero attached hydrogens (tertiary/aromatic N) is 2. The average molecular weight is 445 g/mol. The summed E-state index contributed by atoms with van der Waals surface area (Å²) in [6.07, 6.45) is -0.841. The summed E-state index contributed by atoms with van der Waals surface area (Å²) in [4.78, 5) is 25.1. The summed E-state index contributed by atoms with van der Waals surface area (Å²) in [6.45, 7) is 4.37. The molecule has 0 unspecified atom stereocenters. The van der Waals surface area contributed by atoms with Gasteiger partial charge in [-0.05, 0) is 35.9 Å². The highest BCUT2D eigenvalue weighted by Crippen LogP contribution is 2.30. The second kappa shape index (κ2) is 8.29. The van der Waals surface area contributed by atoms with E-state index < -0.39 is 23.2 Å².